The highest BCUT2D eigenvalue weighted by Gasteiger charge is 2.32. The van der Waals surface area contributed by atoms with E-state index in [1.807, 2.05) is 109 Å². The minimum Gasteiger partial charge on any atom is -0.478 e. The molecule has 1 saturated heterocycles. The molecule has 6 aromatic rings. The molecule has 1 amide bonds. The molecule has 3 unspecified atom stereocenters. The van der Waals surface area contributed by atoms with Gasteiger partial charge in [0.2, 0.25) is 0 Å². The minimum absolute atomic E-state index is 0.0375. The number of nitrogens with zero attached hydrogens (tertiary/aromatic N) is 2. The second-order valence-corrected chi connectivity index (χ2v) is 13.3. The largest absolute Gasteiger partial charge is 0.478 e. The maximum Gasteiger partial charge on any atom is 0.336 e. The van der Waals surface area contributed by atoms with E-state index in [4.69, 9.17) is 9.47 Å². The average Bonchev–Trinajstić information content (AvgIpc) is 3.19. The molecule has 5 aromatic carbocycles. The Morgan fingerprint density at radius 3 is 2.31 bits per heavy atom. The fourth-order valence-corrected chi connectivity index (χ4v) is 7.07. The number of aliphatic hydroxyl groups excluding tert-OH is 1. The molecule has 1 aromatic heterocycles. The number of carboxylic acids is 1. The molecule has 1 fully saturated rings. The molecular formula is C41H35N3O6S. The first-order valence-corrected chi connectivity index (χ1v) is 17.6. The van der Waals surface area contributed by atoms with Crippen molar-refractivity contribution < 1.29 is 29.3 Å². The van der Waals surface area contributed by atoms with Crippen LogP contribution >= 0.6 is 11.8 Å². The van der Waals surface area contributed by atoms with Crippen LogP contribution in [0.2, 0.25) is 0 Å². The number of benzene rings is 5. The molecule has 0 aliphatic carbocycles. The van der Waals surface area contributed by atoms with Gasteiger partial charge in [0.05, 0.1) is 41.6 Å². The fraction of sp³-hybridized carbons (Fsp3) is 0.171. The van der Waals surface area contributed by atoms with Gasteiger partial charge in [0.1, 0.15) is 5.69 Å². The van der Waals surface area contributed by atoms with Crippen molar-refractivity contribution in [3.05, 3.63) is 161 Å². The van der Waals surface area contributed by atoms with Gasteiger partial charge in [-0.15, -0.1) is 11.8 Å². The number of amides is 1. The van der Waals surface area contributed by atoms with Crippen molar-refractivity contribution in [2.45, 2.75) is 43.0 Å². The summed E-state index contributed by atoms with van der Waals surface area (Å²) >= 11 is 1.46. The summed E-state index contributed by atoms with van der Waals surface area (Å²) in [4.78, 5) is 34.1. The van der Waals surface area contributed by atoms with Gasteiger partial charge in [-0.25, -0.2) is 9.78 Å². The molecule has 9 nitrogen and oxygen atoms in total. The fourth-order valence-electron chi connectivity index (χ4n) is 6.01. The van der Waals surface area contributed by atoms with Crippen LogP contribution in [-0.4, -0.2) is 43.9 Å². The van der Waals surface area contributed by atoms with Gasteiger partial charge in [-0.1, -0.05) is 91.0 Å². The van der Waals surface area contributed by atoms with E-state index < -0.39 is 12.3 Å². The molecule has 1 aliphatic rings. The van der Waals surface area contributed by atoms with Crippen LogP contribution in [-0.2, 0) is 22.6 Å². The highest BCUT2D eigenvalue weighted by molar-refractivity contribution is 7.99. The van der Waals surface area contributed by atoms with Gasteiger partial charge < -0.3 is 25.0 Å². The van der Waals surface area contributed by atoms with Crippen LogP contribution in [0.25, 0.3) is 22.2 Å². The third kappa shape index (κ3) is 8.16. The number of fused-ring (bicyclic) bond motifs is 1. The lowest BCUT2D eigenvalue weighted by molar-refractivity contribution is -0.245. The van der Waals surface area contributed by atoms with Crippen LogP contribution in [0.3, 0.4) is 0 Å². The Kier molecular flexibility index (Phi) is 10.5. The number of carbonyl (C=O) groups excluding carboxylic acids is 1. The quantitative estimate of drug-likeness (QED) is 0.116. The second-order valence-electron chi connectivity index (χ2n) is 12.2. The first kappa shape index (κ1) is 34.1. The lowest BCUT2D eigenvalue weighted by Crippen LogP contribution is -2.31. The maximum atomic E-state index is 12.9. The summed E-state index contributed by atoms with van der Waals surface area (Å²) in [5.41, 5.74) is 7.54. The first-order chi connectivity index (χ1) is 24.9. The zero-order valence-electron chi connectivity index (χ0n) is 27.5. The van der Waals surface area contributed by atoms with Crippen molar-refractivity contribution in [1.29, 1.82) is 0 Å². The number of hydrogen-bond donors (Lipinski definition) is 3. The summed E-state index contributed by atoms with van der Waals surface area (Å²) in [6.07, 6.45) is 0.959. The number of hydrogen-bond acceptors (Lipinski definition) is 8. The Morgan fingerprint density at radius 2 is 1.53 bits per heavy atom. The van der Waals surface area contributed by atoms with E-state index in [1.54, 1.807) is 12.1 Å². The molecule has 3 N–H and O–H groups in total. The van der Waals surface area contributed by atoms with Gasteiger partial charge in [-0.3, -0.25) is 9.78 Å². The van der Waals surface area contributed by atoms with Crippen molar-refractivity contribution in [3.63, 3.8) is 0 Å². The van der Waals surface area contributed by atoms with Crippen LogP contribution in [0.5, 0.6) is 0 Å². The molecule has 0 radical (unpaired) electrons. The first-order valence-electron chi connectivity index (χ1n) is 16.6. The number of thioether (sulfide) groups is 1. The monoisotopic (exact) mass is 697 g/mol. The SMILES string of the molecule is O=C(NCc1cccc(-c2ccc(C3OC(CSc4ccccc4C(=O)O)CC(c4ccc(CO)cc4)O3)cc2)c1)c1cnc2ccccc2n1. The molecule has 0 bridgehead atoms. The van der Waals surface area contributed by atoms with Crippen molar-refractivity contribution in [2.24, 2.45) is 0 Å². The Hall–Kier alpha value is -5.39. The molecule has 1 aliphatic heterocycles. The number of ether oxygens (including phenoxy) is 2. The molecule has 7 rings (SSSR count). The predicted octanol–water partition coefficient (Wildman–Crippen LogP) is 7.76. The van der Waals surface area contributed by atoms with E-state index in [0.29, 0.717) is 29.1 Å². The molecule has 3 atom stereocenters. The number of nitrogens with one attached hydrogen (secondary N) is 1. The number of carbonyl (C=O) groups is 2. The minimum atomic E-state index is -0.961. The topological polar surface area (TPSA) is 131 Å². The molecular weight excluding hydrogens is 663 g/mol. The summed E-state index contributed by atoms with van der Waals surface area (Å²) in [6.45, 7) is 0.296. The van der Waals surface area contributed by atoms with Crippen molar-refractivity contribution in [3.8, 4) is 11.1 Å². The normalized spacial score (nSPS) is 17.2. The van der Waals surface area contributed by atoms with E-state index >= 15 is 0 Å². The lowest BCUT2D eigenvalue weighted by Gasteiger charge is -2.36. The number of para-hydroxylation sites is 2. The van der Waals surface area contributed by atoms with E-state index in [9.17, 15) is 19.8 Å². The third-order valence-corrected chi connectivity index (χ3v) is 9.94. The van der Waals surface area contributed by atoms with Gasteiger partial charge >= 0.3 is 5.97 Å². The standard InChI is InChI=1S/C41H35N3O6S/c45-24-26-12-14-29(15-13-26)37-21-32(25-51-38-11-4-1-8-33(38)40(47)48)49-41(50-37)30-18-16-28(17-19-30)31-7-5-6-27(20-31)22-43-39(46)36-23-42-34-9-2-3-10-35(34)44-36/h1-20,23,32,37,41,45H,21-22,24-25H2,(H,43,46)(H,47,48). The van der Waals surface area contributed by atoms with Crippen LogP contribution in [0.1, 0.15) is 61.9 Å². The molecule has 0 spiro atoms. The van der Waals surface area contributed by atoms with E-state index in [0.717, 1.165) is 38.9 Å². The van der Waals surface area contributed by atoms with Gasteiger partial charge in [0.25, 0.3) is 5.91 Å². The van der Waals surface area contributed by atoms with Gasteiger partial charge in [0.15, 0.2) is 6.29 Å². The van der Waals surface area contributed by atoms with Crippen LogP contribution in [0, 0.1) is 0 Å². The Bertz CT molecular complexity index is 2160. The number of aromatic nitrogens is 2. The summed E-state index contributed by atoms with van der Waals surface area (Å²) in [7, 11) is 0. The van der Waals surface area contributed by atoms with Gasteiger partial charge in [-0.05, 0) is 58.1 Å². The van der Waals surface area contributed by atoms with Gasteiger partial charge in [-0.2, -0.15) is 0 Å². The zero-order valence-corrected chi connectivity index (χ0v) is 28.3. The molecule has 51 heavy (non-hydrogen) atoms. The highest BCUT2D eigenvalue weighted by atomic mass is 32.2. The number of rotatable bonds is 11. The van der Waals surface area contributed by atoms with Crippen molar-refractivity contribution in [1.82, 2.24) is 15.3 Å². The summed E-state index contributed by atoms with van der Waals surface area (Å²) < 4.78 is 13.0. The number of aliphatic hydroxyl groups is 1. The number of aromatic carboxylic acids is 1. The van der Waals surface area contributed by atoms with Crippen LogP contribution in [0.4, 0.5) is 0 Å². The Balaban J connectivity index is 1.05. The molecule has 0 saturated carbocycles. The van der Waals surface area contributed by atoms with E-state index in [1.165, 1.54) is 18.0 Å². The molecule has 2 heterocycles. The average molecular weight is 698 g/mol. The van der Waals surface area contributed by atoms with Crippen LogP contribution < -0.4 is 5.32 Å². The van der Waals surface area contributed by atoms with Crippen molar-refractivity contribution >= 4 is 34.7 Å². The maximum absolute atomic E-state index is 12.9. The summed E-state index contributed by atoms with van der Waals surface area (Å²) in [5, 5.41) is 22.1. The van der Waals surface area contributed by atoms with Gasteiger partial charge in [0, 0.05) is 29.2 Å². The van der Waals surface area contributed by atoms with Crippen molar-refractivity contribution in [2.75, 3.05) is 5.75 Å². The molecule has 256 valence electrons. The number of carboxylic acid groups (broad SMARTS) is 1. The van der Waals surface area contributed by atoms with Crippen LogP contribution in [0.15, 0.2) is 132 Å². The third-order valence-electron chi connectivity index (χ3n) is 8.73. The predicted molar refractivity (Wildman–Crippen MR) is 195 cm³/mol. The Labute approximate surface area is 299 Å². The summed E-state index contributed by atoms with van der Waals surface area (Å²) in [5.74, 6) is -0.706. The lowest BCUT2D eigenvalue weighted by atomic mass is 9.99. The van der Waals surface area contributed by atoms with E-state index in [-0.39, 0.29) is 36.0 Å². The molecule has 10 heteroatoms. The summed E-state index contributed by atoms with van der Waals surface area (Å²) in [6, 6.07) is 38.2. The zero-order chi connectivity index (χ0) is 35.2. The smallest absolute Gasteiger partial charge is 0.336 e. The Morgan fingerprint density at radius 1 is 0.784 bits per heavy atom. The highest BCUT2D eigenvalue weighted by Crippen LogP contribution is 2.40. The second kappa shape index (κ2) is 15.7. The van der Waals surface area contributed by atoms with E-state index in [2.05, 4.69) is 15.3 Å².